The Balaban J connectivity index is 1.95. The quantitative estimate of drug-likeness (QED) is 0.851. The monoisotopic (exact) mass is 295 g/mol. The van der Waals surface area contributed by atoms with E-state index in [1.54, 1.807) is 12.1 Å². The van der Waals surface area contributed by atoms with Crippen molar-refractivity contribution in [1.29, 1.82) is 0 Å². The molecule has 4 heteroatoms. The molecule has 1 heterocycles. The maximum atomic E-state index is 12.2. The summed E-state index contributed by atoms with van der Waals surface area (Å²) in [5, 5.41) is 0.703. The van der Waals surface area contributed by atoms with Crippen LogP contribution in [0.15, 0.2) is 18.2 Å². The first kappa shape index (κ1) is 15.2. The molecule has 20 heavy (non-hydrogen) atoms. The van der Waals surface area contributed by atoms with Crippen molar-refractivity contribution in [3.63, 3.8) is 0 Å². The second kappa shape index (κ2) is 4.96. The highest BCUT2D eigenvalue weighted by molar-refractivity contribution is 6.31. The summed E-state index contributed by atoms with van der Waals surface area (Å²) < 4.78 is 5.57. The number of hydrogen-bond donors (Lipinski definition) is 0. The molecule has 0 spiro atoms. The number of carbonyl (C=O) groups excluding carboxylic acids is 1. The van der Waals surface area contributed by atoms with Gasteiger partial charge >= 0.3 is 0 Å². The molecule has 0 N–H and O–H groups in total. The van der Waals surface area contributed by atoms with Crippen molar-refractivity contribution < 1.29 is 9.53 Å². The molecule has 1 aromatic rings. The number of nitrogens with zero attached hydrogens (tertiary/aromatic N) is 1. The molecule has 1 amide bonds. The van der Waals surface area contributed by atoms with E-state index in [1.165, 1.54) is 0 Å². The Morgan fingerprint density at radius 3 is 2.50 bits per heavy atom. The van der Waals surface area contributed by atoms with Crippen LogP contribution in [0, 0.1) is 12.3 Å². The van der Waals surface area contributed by atoms with Crippen LogP contribution in [-0.4, -0.2) is 29.5 Å². The molecule has 0 atom stereocenters. The van der Waals surface area contributed by atoms with Crippen molar-refractivity contribution in [1.82, 2.24) is 4.90 Å². The fourth-order valence-electron chi connectivity index (χ4n) is 2.39. The molecular weight excluding hydrogens is 274 g/mol. The van der Waals surface area contributed by atoms with Crippen molar-refractivity contribution in [2.45, 2.75) is 40.2 Å². The van der Waals surface area contributed by atoms with Crippen molar-refractivity contribution in [2.24, 2.45) is 5.41 Å². The topological polar surface area (TPSA) is 29.5 Å². The minimum absolute atomic E-state index is 0.0296. The lowest BCUT2D eigenvalue weighted by Gasteiger charge is -2.61. The summed E-state index contributed by atoms with van der Waals surface area (Å²) in [7, 11) is 0. The average Bonchev–Trinajstić information content (AvgIpc) is 2.37. The highest BCUT2D eigenvalue weighted by atomic mass is 35.5. The van der Waals surface area contributed by atoms with Crippen LogP contribution < -0.4 is 4.74 Å². The van der Waals surface area contributed by atoms with E-state index in [4.69, 9.17) is 16.3 Å². The highest BCUT2D eigenvalue weighted by Crippen LogP contribution is 2.46. The van der Waals surface area contributed by atoms with E-state index < -0.39 is 0 Å². The van der Waals surface area contributed by atoms with Crippen molar-refractivity contribution in [3.8, 4) is 5.75 Å². The van der Waals surface area contributed by atoms with Crippen molar-refractivity contribution >= 4 is 17.5 Å². The van der Waals surface area contributed by atoms with Gasteiger partial charge in [0.1, 0.15) is 5.75 Å². The molecular formula is C16H22ClNO2. The predicted molar refractivity (Wildman–Crippen MR) is 81.3 cm³/mol. The smallest absolute Gasteiger partial charge is 0.260 e. The van der Waals surface area contributed by atoms with Gasteiger partial charge in [0, 0.05) is 22.5 Å². The van der Waals surface area contributed by atoms with Crippen LogP contribution in [0.5, 0.6) is 5.75 Å². The molecule has 0 aliphatic carbocycles. The van der Waals surface area contributed by atoms with Crippen LogP contribution in [0.2, 0.25) is 5.02 Å². The Bertz CT molecular complexity index is 537. The Labute approximate surface area is 125 Å². The highest BCUT2D eigenvalue weighted by Gasteiger charge is 2.54. The lowest BCUT2D eigenvalue weighted by Crippen LogP contribution is -2.71. The number of aryl methyl sites for hydroxylation is 1. The molecule has 0 unspecified atom stereocenters. The SMILES string of the molecule is Cc1cc(OCC(=O)N2CC(C)(C)C2(C)C)ccc1Cl. The summed E-state index contributed by atoms with van der Waals surface area (Å²) in [5.41, 5.74) is 0.977. The summed E-state index contributed by atoms with van der Waals surface area (Å²) in [6, 6.07) is 5.42. The van der Waals surface area contributed by atoms with Gasteiger partial charge in [0.15, 0.2) is 6.61 Å². The molecule has 110 valence electrons. The minimum Gasteiger partial charge on any atom is -0.484 e. The molecule has 2 rings (SSSR count). The summed E-state index contributed by atoms with van der Waals surface area (Å²) in [5.74, 6) is 0.708. The first-order valence-corrected chi connectivity index (χ1v) is 7.22. The third kappa shape index (κ3) is 2.51. The first-order chi connectivity index (χ1) is 9.15. The van der Waals surface area contributed by atoms with Crippen LogP contribution in [0.3, 0.4) is 0 Å². The average molecular weight is 296 g/mol. The van der Waals surface area contributed by atoms with Gasteiger partial charge in [-0.2, -0.15) is 0 Å². The van der Waals surface area contributed by atoms with E-state index in [2.05, 4.69) is 27.7 Å². The van der Waals surface area contributed by atoms with Crippen LogP contribution in [0.25, 0.3) is 0 Å². The van der Waals surface area contributed by atoms with E-state index >= 15 is 0 Å². The normalized spacial score (nSPS) is 19.4. The largest absolute Gasteiger partial charge is 0.484 e. The van der Waals surface area contributed by atoms with E-state index in [0.717, 1.165) is 12.1 Å². The van der Waals surface area contributed by atoms with Gasteiger partial charge in [-0.05, 0) is 44.5 Å². The van der Waals surface area contributed by atoms with Gasteiger partial charge in [0.2, 0.25) is 0 Å². The Hall–Kier alpha value is -1.22. The van der Waals surface area contributed by atoms with Gasteiger partial charge in [-0.25, -0.2) is 0 Å². The maximum Gasteiger partial charge on any atom is 0.260 e. The molecule has 1 aliphatic heterocycles. The number of halogens is 1. The number of likely N-dealkylation sites (tertiary alicyclic amines) is 1. The third-order valence-corrected chi connectivity index (χ3v) is 5.10. The van der Waals surface area contributed by atoms with Gasteiger partial charge < -0.3 is 9.64 Å². The van der Waals surface area contributed by atoms with E-state index in [1.807, 2.05) is 17.9 Å². The summed E-state index contributed by atoms with van der Waals surface area (Å²) in [4.78, 5) is 14.1. The van der Waals surface area contributed by atoms with E-state index in [0.29, 0.717) is 10.8 Å². The molecule has 1 fully saturated rings. The van der Waals surface area contributed by atoms with Crippen LogP contribution in [0.4, 0.5) is 0 Å². The van der Waals surface area contributed by atoms with E-state index in [-0.39, 0.29) is 23.5 Å². The third-order valence-electron chi connectivity index (χ3n) is 4.68. The predicted octanol–water partition coefficient (Wildman–Crippen LogP) is 3.67. The summed E-state index contributed by atoms with van der Waals surface area (Å²) >= 11 is 5.96. The van der Waals surface area contributed by atoms with Crippen molar-refractivity contribution in [3.05, 3.63) is 28.8 Å². The standard InChI is InChI=1S/C16H22ClNO2/c1-11-8-12(6-7-13(11)17)20-9-14(19)18-10-15(2,3)16(18,4)5/h6-8H,9-10H2,1-5H3. The zero-order valence-corrected chi connectivity index (χ0v) is 13.5. The molecule has 3 nitrogen and oxygen atoms in total. The van der Waals surface area contributed by atoms with Crippen LogP contribution in [0.1, 0.15) is 33.3 Å². The zero-order chi connectivity index (χ0) is 15.1. The minimum atomic E-state index is -0.122. The summed E-state index contributed by atoms with van der Waals surface area (Å²) in [6.07, 6.45) is 0. The van der Waals surface area contributed by atoms with Gasteiger partial charge in [0.05, 0.1) is 0 Å². The lowest BCUT2D eigenvalue weighted by atomic mass is 9.65. The maximum absolute atomic E-state index is 12.2. The van der Waals surface area contributed by atoms with Crippen LogP contribution >= 0.6 is 11.6 Å². The molecule has 0 saturated carbocycles. The number of benzene rings is 1. The Morgan fingerprint density at radius 2 is 2.00 bits per heavy atom. The summed E-state index contributed by atoms with van der Waals surface area (Å²) in [6.45, 7) is 11.3. The Kier molecular flexibility index (Phi) is 3.76. The van der Waals surface area contributed by atoms with Gasteiger partial charge in [-0.15, -0.1) is 0 Å². The Morgan fingerprint density at radius 1 is 1.35 bits per heavy atom. The number of amides is 1. The second-order valence-corrected chi connectivity index (χ2v) is 7.03. The van der Waals surface area contributed by atoms with E-state index in [9.17, 15) is 4.79 Å². The molecule has 0 radical (unpaired) electrons. The number of ether oxygens (including phenoxy) is 1. The molecule has 1 saturated heterocycles. The second-order valence-electron chi connectivity index (χ2n) is 6.62. The number of rotatable bonds is 3. The lowest BCUT2D eigenvalue weighted by molar-refractivity contribution is -0.169. The first-order valence-electron chi connectivity index (χ1n) is 6.84. The van der Waals surface area contributed by atoms with Gasteiger partial charge in [-0.1, -0.05) is 25.4 Å². The van der Waals surface area contributed by atoms with Gasteiger partial charge in [0.25, 0.3) is 5.91 Å². The molecule has 1 aliphatic rings. The number of carbonyl (C=O) groups is 1. The molecule has 0 aromatic heterocycles. The van der Waals surface area contributed by atoms with Crippen molar-refractivity contribution in [2.75, 3.05) is 13.2 Å². The number of hydrogen-bond acceptors (Lipinski definition) is 2. The zero-order valence-electron chi connectivity index (χ0n) is 12.8. The van der Waals surface area contributed by atoms with Gasteiger partial charge in [-0.3, -0.25) is 4.79 Å². The fraction of sp³-hybridized carbons (Fsp3) is 0.562. The molecule has 0 bridgehead atoms. The van der Waals surface area contributed by atoms with Crippen LogP contribution in [-0.2, 0) is 4.79 Å². The molecule has 1 aromatic carbocycles. The fourth-order valence-corrected chi connectivity index (χ4v) is 2.51.